The lowest BCUT2D eigenvalue weighted by atomic mass is 9.87. The molecule has 0 heterocycles. The standard InChI is InChI=1S/C15H18O4/c1-15(2,3)12-7-5-11(6-8-12)14(17)19-10-9-13(16)18-4/h5-10H,1-4H3. The molecular weight excluding hydrogens is 244 g/mol. The van der Waals surface area contributed by atoms with Crippen molar-refractivity contribution in [2.45, 2.75) is 26.2 Å². The van der Waals surface area contributed by atoms with E-state index in [9.17, 15) is 9.59 Å². The Labute approximate surface area is 113 Å². The Bertz CT molecular complexity index is 478. The summed E-state index contributed by atoms with van der Waals surface area (Å²) in [6.07, 6.45) is 2.06. The van der Waals surface area contributed by atoms with Gasteiger partial charge in [-0.1, -0.05) is 32.9 Å². The highest BCUT2D eigenvalue weighted by molar-refractivity contribution is 5.90. The first kappa shape index (κ1) is 15.0. The lowest BCUT2D eigenvalue weighted by molar-refractivity contribution is -0.134. The molecule has 0 fully saturated rings. The van der Waals surface area contributed by atoms with E-state index >= 15 is 0 Å². The lowest BCUT2D eigenvalue weighted by Gasteiger charge is -2.18. The van der Waals surface area contributed by atoms with Crippen molar-refractivity contribution in [3.8, 4) is 0 Å². The van der Waals surface area contributed by atoms with Crippen LogP contribution in [0.15, 0.2) is 36.6 Å². The fraction of sp³-hybridized carbons (Fsp3) is 0.333. The summed E-state index contributed by atoms with van der Waals surface area (Å²) < 4.78 is 9.18. The average molecular weight is 262 g/mol. The fourth-order valence-electron chi connectivity index (χ4n) is 1.39. The molecule has 4 nitrogen and oxygen atoms in total. The van der Waals surface area contributed by atoms with Gasteiger partial charge in [0, 0.05) is 0 Å². The van der Waals surface area contributed by atoms with Crippen molar-refractivity contribution in [2.75, 3.05) is 7.11 Å². The first-order valence-corrected chi connectivity index (χ1v) is 5.90. The number of hydrogen-bond acceptors (Lipinski definition) is 4. The second kappa shape index (κ2) is 6.18. The van der Waals surface area contributed by atoms with Gasteiger partial charge in [-0.25, -0.2) is 9.59 Å². The Hall–Kier alpha value is -2.10. The number of methoxy groups -OCH3 is 1. The first-order chi connectivity index (χ1) is 8.84. The summed E-state index contributed by atoms with van der Waals surface area (Å²) in [6, 6.07) is 7.19. The van der Waals surface area contributed by atoms with Crippen LogP contribution in [-0.2, 0) is 19.7 Å². The highest BCUT2D eigenvalue weighted by Crippen LogP contribution is 2.22. The van der Waals surface area contributed by atoms with E-state index in [4.69, 9.17) is 4.74 Å². The van der Waals surface area contributed by atoms with Gasteiger partial charge in [-0.05, 0) is 23.1 Å². The Morgan fingerprint density at radius 1 is 1.11 bits per heavy atom. The number of benzene rings is 1. The number of carbonyl (C=O) groups is 2. The van der Waals surface area contributed by atoms with Crippen molar-refractivity contribution in [3.05, 3.63) is 47.7 Å². The molecule has 0 unspecified atom stereocenters. The van der Waals surface area contributed by atoms with Crippen LogP contribution >= 0.6 is 0 Å². The Morgan fingerprint density at radius 3 is 2.16 bits per heavy atom. The van der Waals surface area contributed by atoms with E-state index in [1.54, 1.807) is 12.1 Å². The summed E-state index contributed by atoms with van der Waals surface area (Å²) in [5, 5.41) is 0. The highest BCUT2D eigenvalue weighted by atomic mass is 16.5. The predicted molar refractivity (Wildman–Crippen MR) is 71.7 cm³/mol. The van der Waals surface area contributed by atoms with Crippen molar-refractivity contribution < 1.29 is 19.1 Å². The molecule has 1 aromatic rings. The van der Waals surface area contributed by atoms with Crippen LogP contribution in [0.25, 0.3) is 0 Å². The van der Waals surface area contributed by atoms with Gasteiger partial charge in [-0.15, -0.1) is 0 Å². The molecule has 0 saturated carbocycles. The van der Waals surface area contributed by atoms with Gasteiger partial charge < -0.3 is 9.47 Å². The molecule has 0 bridgehead atoms. The van der Waals surface area contributed by atoms with Gasteiger partial charge in [-0.3, -0.25) is 0 Å². The molecule has 0 aliphatic rings. The average Bonchev–Trinajstić information content (AvgIpc) is 2.37. The summed E-state index contributed by atoms with van der Waals surface area (Å²) >= 11 is 0. The molecule has 0 aromatic heterocycles. The van der Waals surface area contributed by atoms with E-state index in [1.807, 2.05) is 12.1 Å². The zero-order valence-corrected chi connectivity index (χ0v) is 11.6. The third-order valence-corrected chi connectivity index (χ3v) is 2.57. The molecule has 0 N–H and O–H groups in total. The topological polar surface area (TPSA) is 52.6 Å². The van der Waals surface area contributed by atoms with Crippen molar-refractivity contribution in [2.24, 2.45) is 0 Å². The molecule has 1 aromatic carbocycles. The molecule has 102 valence electrons. The van der Waals surface area contributed by atoms with E-state index in [-0.39, 0.29) is 5.41 Å². The molecule has 0 atom stereocenters. The summed E-state index contributed by atoms with van der Waals surface area (Å²) in [5.41, 5.74) is 1.60. The van der Waals surface area contributed by atoms with Crippen LogP contribution in [0.1, 0.15) is 36.7 Å². The SMILES string of the molecule is COC(=O)C=COC(=O)c1ccc(C(C)(C)C)cc1. The Kier molecular flexibility index (Phi) is 4.87. The number of ether oxygens (including phenoxy) is 2. The largest absolute Gasteiger partial charge is 0.466 e. The molecule has 0 saturated heterocycles. The summed E-state index contributed by atoms with van der Waals surface area (Å²) in [6.45, 7) is 6.29. The van der Waals surface area contributed by atoms with E-state index in [2.05, 4.69) is 25.5 Å². The second-order valence-corrected chi connectivity index (χ2v) is 5.06. The van der Waals surface area contributed by atoms with Gasteiger partial charge >= 0.3 is 11.9 Å². The van der Waals surface area contributed by atoms with Crippen molar-refractivity contribution in [1.29, 1.82) is 0 Å². The second-order valence-electron chi connectivity index (χ2n) is 5.06. The van der Waals surface area contributed by atoms with Gasteiger partial charge in [0.05, 0.1) is 18.7 Å². The van der Waals surface area contributed by atoms with E-state index in [1.165, 1.54) is 7.11 Å². The van der Waals surface area contributed by atoms with Gasteiger partial charge in [0.25, 0.3) is 0 Å². The summed E-state index contributed by atoms with van der Waals surface area (Å²) in [4.78, 5) is 22.4. The van der Waals surface area contributed by atoms with Gasteiger partial charge in [0.15, 0.2) is 0 Å². The molecule has 0 aliphatic heterocycles. The molecule has 0 aliphatic carbocycles. The first-order valence-electron chi connectivity index (χ1n) is 5.90. The molecule has 0 spiro atoms. The van der Waals surface area contributed by atoms with Gasteiger partial charge in [0.1, 0.15) is 6.26 Å². The van der Waals surface area contributed by atoms with Crippen LogP contribution in [0.4, 0.5) is 0 Å². The predicted octanol–water partition coefficient (Wildman–Crippen LogP) is 2.83. The maximum atomic E-state index is 11.6. The normalized spacial score (nSPS) is 11.4. The van der Waals surface area contributed by atoms with Crippen LogP contribution in [0.2, 0.25) is 0 Å². The lowest BCUT2D eigenvalue weighted by Crippen LogP contribution is -2.11. The molecule has 4 heteroatoms. The minimum Gasteiger partial charge on any atom is -0.466 e. The highest BCUT2D eigenvalue weighted by Gasteiger charge is 2.14. The maximum Gasteiger partial charge on any atom is 0.342 e. The van der Waals surface area contributed by atoms with Crippen LogP contribution in [0, 0.1) is 0 Å². The molecular formula is C15H18O4. The number of esters is 2. The van der Waals surface area contributed by atoms with E-state index < -0.39 is 11.9 Å². The molecule has 19 heavy (non-hydrogen) atoms. The summed E-state index contributed by atoms with van der Waals surface area (Å²) in [5.74, 6) is -1.09. The monoisotopic (exact) mass is 262 g/mol. The zero-order valence-electron chi connectivity index (χ0n) is 11.6. The Morgan fingerprint density at radius 2 is 1.68 bits per heavy atom. The number of carbonyl (C=O) groups excluding carboxylic acids is 2. The fourth-order valence-corrected chi connectivity index (χ4v) is 1.39. The van der Waals surface area contributed by atoms with Crippen LogP contribution in [-0.4, -0.2) is 19.0 Å². The Balaban J connectivity index is 2.69. The number of hydrogen-bond donors (Lipinski definition) is 0. The molecule has 1 rings (SSSR count). The van der Waals surface area contributed by atoms with Gasteiger partial charge in [-0.2, -0.15) is 0 Å². The maximum absolute atomic E-state index is 11.6. The van der Waals surface area contributed by atoms with E-state index in [0.717, 1.165) is 17.9 Å². The zero-order chi connectivity index (χ0) is 14.5. The molecule has 0 amide bonds. The third kappa shape index (κ3) is 4.58. The van der Waals surface area contributed by atoms with Crippen molar-refractivity contribution in [3.63, 3.8) is 0 Å². The molecule has 0 radical (unpaired) electrons. The van der Waals surface area contributed by atoms with Gasteiger partial charge in [0.2, 0.25) is 0 Å². The smallest absolute Gasteiger partial charge is 0.342 e. The third-order valence-electron chi connectivity index (χ3n) is 2.57. The van der Waals surface area contributed by atoms with Crippen molar-refractivity contribution >= 4 is 11.9 Å². The van der Waals surface area contributed by atoms with Crippen LogP contribution < -0.4 is 0 Å². The quantitative estimate of drug-likeness (QED) is 0.477. The van der Waals surface area contributed by atoms with Crippen LogP contribution in [0.3, 0.4) is 0 Å². The summed E-state index contributed by atoms with van der Waals surface area (Å²) in [7, 11) is 1.25. The minimum absolute atomic E-state index is 0.0349. The van der Waals surface area contributed by atoms with Crippen LogP contribution in [0.5, 0.6) is 0 Å². The number of rotatable bonds is 3. The minimum atomic E-state index is -0.573. The van der Waals surface area contributed by atoms with Crippen molar-refractivity contribution in [1.82, 2.24) is 0 Å². The van der Waals surface area contributed by atoms with E-state index in [0.29, 0.717) is 5.56 Å².